The minimum absolute atomic E-state index is 0.00986. The Labute approximate surface area is 154 Å². The van der Waals surface area contributed by atoms with Crippen LogP contribution in [0.4, 0.5) is 0 Å². The molecular weight excluding hydrogens is 363 g/mol. The molecule has 1 fully saturated rings. The van der Waals surface area contributed by atoms with Crippen LogP contribution in [0.15, 0.2) is 30.3 Å². The third-order valence-corrected chi connectivity index (χ3v) is 4.46. The quantitative estimate of drug-likeness (QED) is 0.820. The summed E-state index contributed by atoms with van der Waals surface area (Å²) in [7, 11) is 0. The lowest BCUT2D eigenvalue weighted by atomic mass is 10.1. The van der Waals surface area contributed by atoms with Crippen molar-refractivity contribution in [2.45, 2.75) is 18.9 Å². The van der Waals surface area contributed by atoms with Gasteiger partial charge < -0.3 is 9.64 Å². The maximum absolute atomic E-state index is 12.4. The molecule has 1 aromatic heterocycles. The minimum Gasteiger partial charge on any atom is -0.490 e. The summed E-state index contributed by atoms with van der Waals surface area (Å²) in [4.78, 5) is 14.1. The van der Waals surface area contributed by atoms with Crippen molar-refractivity contribution in [3.8, 4) is 11.8 Å². The number of carbonyl (C=O) groups is 1. The lowest BCUT2D eigenvalue weighted by Gasteiger charge is -2.32. The normalized spacial score (nSPS) is 14.8. The van der Waals surface area contributed by atoms with Crippen molar-refractivity contribution in [2.24, 2.45) is 0 Å². The number of likely N-dealkylation sites (tertiary alicyclic amines) is 1. The van der Waals surface area contributed by atoms with E-state index in [1.54, 1.807) is 35.2 Å². The summed E-state index contributed by atoms with van der Waals surface area (Å²) in [6.07, 6.45) is 1.39. The van der Waals surface area contributed by atoms with Gasteiger partial charge in [0.1, 0.15) is 17.9 Å². The zero-order chi connectivity index (χ0) is 17.8. The molecule has 1 aromatic carbocycles. The van der Waals surface area contributed by atoms with Gasteiger partial charge in [-0.15, -0.1) is 10.2 Å². The maximum Gasteiger partial charge on any atom is 0.274 e. The van der Waals surface area contributed by atoms with Gasteiger partial charge in [-0.2, -0.15) is 5.26 Å². The number of halogens is 2. The van der Waals surface area contributed by atoms with Gasteiger partial charge in [0.15, 0.2) is 10.8 Å². The van der Waals surface area contributed by atoms with Crippen LogP contribution in [0, 0.1) is 11.3 Å². The van der Waals surface area contributed by atoms with Gasteiger partial charge in [0.2, 0.25) is 0 Å². The molecule has 0 radical (unpaired) electrons. The average Bonchev–Trinajstić information content (AvgIpc) is 2.63. The molecule has 3 rings (SSSR count). The first kappa shape index (κ1) is 17.5. The largest absolute Gasteiger partial charge is 0.490 e. The minimum atomic E-state index is -0.163. The van der Waals surface area contributed by atoms with Crippen molar-refractivity contribution in [1.82, 2.24) is 15.1 Å². The molecule has 2 heterocycles. The highest BCUT2D eigenvalue weighted by Crippen LogP contribution is 2.25. The summed E-state index contributed by atoms with van der Waals surface area (Å²) in [5.41, 5.74) is 0.696. The zero-order valence-corrected chi connectivity index (χ0v) is 14.7. The number of rotatable bonds is 3. The van der Waals surface area contributed by atoms with Gasteiger partial charge in [-0.3, -0.25) is 4.79 Å². The first-order valence-corrected chi connectivity index (χ1v) is 8.47. The summed E-state index contributed by atoms with van der Waals surface area (Å²) in [5, 5.41) is 17.0. The standard InChI is InChI=1S/C17H14Cl2N4O2/c18-14-9-13(2-1-11(14)10-20)25-12-5-7-23(8-6-12)17(24)15-3-4-16(19)22-21-15/h1-4,9,12H,5-8H2. The fourth-order valence-corrected chi connectivity index (χ4v) is 2.93. The Morgan fingerprint density at radius 1 is 1.20 bits per heavy atom. The van der Waals surface area contributed by atoms with Crippen molar-refractivity contribution in [1.29, 1.82) is 5.26 Å². The summed E-state index contributed by atoms with van der Waals surface area (Å²) in [5.74, 6) is 0.460. The van der Waals surface area contributed by atoms with Crippen molar-refractivity contribution in [3.05, 3.63) is 51.8 Å². The van der Waals surface area contributed by atoms with Crippen LogP contribution >= 0.6 is 23.2 Å². The number of ether oxygens (including phenoxy) is 1. The van der Waals surface area contributed by atoms with E-state index < -0.39 is 0 Å². The predicted molar refractivity (Wildman–Crippen MR) is 92.8 cm³/mol. The van der Waals surface area contributed by atoms with E-state index in [1.807, 2.05) is 6.07 Å². The number of carbonyl (C=O) groups excluding carboxylic acids is 1. The third kappa shape index (κ3) is 4.19. The molecule has 1 aliphatic rings. The van der Waals surface area contributed by atoms with Gasteiger partial charge in [-0.25, -0.2) is 0 Å². The Morgan fingerprint density at radius 3 is 2.56 bits per heavy atom. The van der Waals surface area contributed by atoms with E-state index in [9.17, 15) is 4.79 Å². The lowest BCUT2D eigenvalue weighted by Crippen LogP contribution is -2.42. The molecular formula is C17H14Cl2N4O2. The molecule has 0 aliphatic carbocycles. The fourth-order valence-electron chi connectivity index (χ4n) is 2.62. The molecule has 0 N–H and O–H groups in total. The molecule has 128 valence electrons. The monoisotopic (exact) mass is 376 g/mol. The third-order valence-electron chi connectivity index (χ3n) is 3.94. The van der Waals surface area contributed by atoms with Crippen molar-refractivity contribution >= 4 is 29.1 Å². The van der Waals surface area contributed by atoms with Crippen LogP contribution in [-0.2, 0) is 0 Å². The number of amides is 1. The van der Waals surface area contributed by atoms with E-state index in [4.69, 9.17) is 33.2 Å². The van der Waals surface area contributed by atoms with Crippen LogP contribution in [0.1, 0.15) is 28.9 Å². The highest BCUT2D eigenvalue weighted by Gasteiger charge is 2.25. The number of hydrogen-bond donors (Lipinski definition) is 0. The average molecular weight is 377 g/mol. The molecule has 0 atom stereocenters. The first-order valence-electron chi connectivity index (χ1n) is 7.71. The molecule has 0 spiro atoms. The first-order chi connectivity index (χ1) is 12.1. The number of benzene rings is 1. The Kier molecular flexibility index (Phi) is 5.37. The molecule has 6 nitrogen and oxygen atoms in total. The molecule has 1 saturated heterocycles. The summed E-state index contributed by atoms with van der Waals surface area (Å²) < 4.78 is 5.91. The fraction of sp³-hybridized carbons (Fsp3) is 0.294. The van der Waals surface area contributed by atoms with Gasteiger partial charge in [0.25, 0.3) is 5.91 Å². The van der Waals surface area contributed by atoms with Crippen LogP contribution in [0.25, 0.3) is 0 Å². The number of piperidine rings is 1. The summed E-state index contributed by atoms with van der Waals surface area (Å²) >= 11 is 11.7. The Morgan fingerprint density at radius 2 is 1.96 bits per heavy atom. The Bertz CT molecular complexity index is 812. The predicted octanol–water partition coefficient (Wildman–Crippen LogP) is 3.34. The van der Waals surface area contributed by atoms with Crippen LogP contribution in [0.3, 0.4) is 0 Å². The smallest absolute Gasteiger partial charge is 0.274 e. The Hall–Kier alpha value is -2.36. The zero-order valence-electron chi connectivity index (χ0n) is 13.2. The number of nitriles is 1. The molecule has 0 unspecified atom stereocenters. The molecule has 25 heavy (non-hydrogen) atoms. The van der Waals surface area contributed by atoms with E-state index in [0.717, 1.165) is 0 Å². The van der Waals surface area contributed by atoms with Crippen LogP contribution in [0.5, 0.6) is 5.75 Å². The van der Waals surface area contributed by atoms with Crippen molar-refractivity contribution in [2.75, 3.05) is 13.1 Å². The number of aromatic nitrogens is 2. The molecule has 8 heteroatoms. The van der Waals surface area contributed by atoms with Crippen molar-refractivity contribution < 1.29 is 9.53 Å². The summed E-state index contributed by atoms with van der Waals surface area (Å²) in [6, 6.07) is 10.1. The van der Waals surface area contributed by atoms with E-state index in [-0.39, 0.29) is 22.9 Å². The summed E-state index contributed by atoms with van der Waals surface area (Å²) in [6.45, 7) is 1.13. The second kappa shape index (κ2) is 7.68. The molecule has 0 saturated carbocycles. The van der Waals surface area contributed by atoms with Gasteiger partial charge in [-0.05, 0) is 24.3 Å². The van der Waals surface area contributed by atoms with E-state index in [0.29, 0.717) is 42.3 Å². The van der Waals surface area contributed by atoms with Gasteiger partial charge in [-0.1, -0.05) is 23.2 Å². The van der Waals surface area contributed by atoms with Crippen molar-refractivity contribution in [3.63, 3.8) is 0 Å². The van der Waals surface area contributed by atoms with E-state index >= 15 is 0 Å². The van der Waals surface area contributed by atoms with E-state index in [1.165, 1.54) is 0 Å². The van der Waals surface area contributed by atoms with Crippen LogP contribution in [0.2, 0.25) is 10.2 Å². The van der Waals surface area contributed by atoms with E-state index in [2.05, 4.69) is 10.2 Å². The van der Waals surface area contributed by atoms with Crippen LogP contribution in [-0.4, -0.2) is 40.2 Å². The molecule has 2 aromatic rings. The lowest BCUT2D eigenvalue weighted by molar-refractivity contribution is 0.0589. The highest BCUT2D eigenvalue weighted by molar-refractivity contribution is 6.31. The van der Waals surface area contributed by atoms with Gasteiger partial charge in [0, 0.05) is 32.0 Å². The topological polar surface area (TPSA) is 79.1 Å². The van der Waals surface area contributed by atoms with Gasteiger partial charge >= 0.3 is 0 Å². The molecule has 1 aliphatic heterocycles. The molecule has 1 amide bonds. The molecule has 0 bridgehead atoms. The number of nitrogens with zero attached hydrogens (tertiary/aromatic N) is 4. The second-order valence-corrected chi connectivity index (χ2v) is 6.40. The second-order valence-electron chi connectivity index (χ2n) is 5.60. The highest BCUT2D eigenvalue weighted by atomic mass is 35.5. The SMILES string of the molecule is N#Cc1ccc(OC2CCN(C(=O)c3ccc(Cl)nn3)CC2)cc1Cl. The number of hydrogen-bond acceptors (Lipinski definition) is 5. The maximum atomic E-state index is 12.4. The van der Waals surface area contributed by atoms with Crippen LogP contribution < -0.4 is 4.74 Å². The van der Waals surface area contributed by atoms with Gasteiger partial charge in [0.05, 0.1) is 10.6 Å². The Balaban J connectivity index is 1.57.